The molecule has 0 fully saturated rings. The number of nitrogens with one attached hydrogen (secondary N) is 1. The molecular formula is C17H20N4O3. The van der Waals surface area contributed by atoms with E-state index in [0.717, 1.165) is 17.7 Å². The second-order valence-electron chi connectivity index (χ2n) is 5.00. The number of nitrogens with zero attached hydrogens (tertiary/aromatic N) is 3. The number of carboxylic acids is 1. The molecule has 0 saturated carbocycles. The Kier molecular flexibility index (Phi) is 7.63. The highest BCUT2D eigenvalue weighted by Gasteiger charge is 2.02. The van der Waals surface area contributed by atoms with E-state index in [2.05, 4.69) is 15.5 Å². The molecule has 2 N–H and O–H groups in total. The molecule has 0 bridgehead atoms. The number of hydrogen-bond acceptors (Lipinski definition) is 5. The van der Waals surface area contributed by atoms with Gasteiger partial charge in [-0.15, -0.1) is 0 Å². The Hall–Kier alpha value is -3.22. The van der Waals surface area contributed by atoms with Gasteiger partial charge >= 0.3 is 5.97 Å². The van der Waals surface area contributed by atoms with Crippen LogP contribution in [0, 0.1) is 0 Å². The molecule has 1 aromatic carbocycles. The number of aromatic nitrogens is 1. The quantitative estimate of drug-likeness (QED) is 0.499. The van der Waals surface area contributed by atoms with Crippen LogP contribution in [0.5, 0.6) is 0 Å². The molecule has 0 spiro atoms. The zero-order valence-electron chi connectivity index (χ0n) is 13.8. The highest BCUT2D eigenvalue weighted by Crippen LogP contribution is 2.11. The zero-order chi connectivity index (χ0) is 17.9. The van der Waals surface area contributed by atoms with Crippen molar-refractivity contribution in [2.75, 3.05) is 19.5 Å². The number of pyridine rings is 1. The standard InChI is InChI=1S/C14H13N3O2.C3H7NO/c1-10(11-5-7-15-8-6-11)16-17-13-4-2-3-12(9-13)14(18)19;1-4(2)3-5/h2-9,17H,1H3,(H,18,19);3H,1-2H3/b16-10+;. The van der Waals surface area contributed by atoms with Crippen molar-refractivity contribution in [1.82, 2.24) is 9.88 Å². The minimum Gasteiger partial charge on any atom is -0.478 e. The summed E-state index contributed by atoms with van der Waals surface area (Å²) in [6.07, 6.45) is 4.14. The van der Waals surface area contributed by atoms with Crippen LogP contribution in [0.15, 0.2) is 53.9 Å². The van der Waals surface area contributed by atoms with Crippen LogP contribution in [-0.2, 0) is 4.79 Å². The average Bonchev–Trinajstić information content (AvgIpc) is 2.61. The van der Waals surface area contributed by atoms with Crippen LogP contribution in [0.2, 0.25) is 0 Å². The van der Waals surface area contributed by atoms with E-state index in [1.165, 1.54) is 17.0 Å². The first-order valence-electron chi connectivity index (χ1n) is 7.10. The third-order valence-electron chi connectivity index (χ3n) is 2.77. The van der Waals surface area contributed by atoms with E-state index in [4.69, 9.17) is 5.11 Å². The fourth-order valence-electron chi connectivity index (χ4n) is 1.53. The Morgan fingerprint density at radius 1 is 1.21 bits per heavy atom. The molecule has 1 heterocycles. The van der Waals surface area contributed by atoms with Gasteiger partial charge in [-0.1, -0.05) is 6.07 Å². The Bertz CT molecular complexity index is 700. The number of anilines is 1. The number of aromatic carboxylic acids is 1. The summed E-state index contributed by atoms with van der Waals surface area (Å²) < 4.78 is 0. The maximum atomic E-state index is 10.8. The van der Waals surface area contributed by atoms with Crippen molar-refractivity contribution in [3.05, 3.63) is 59.9 Å². The first-order valence-corrected chi connectivity index (χ1v) is 7.10. The van der Waals surface area contributed by atoms with Crippen LogP contribution in [-0.4, -0.2) is 47.2 Å². The van der Waals surface area contributed by atoms with Gasteiger partial charge in [-0.25, -0.2) is 4.79 Å². The number of amides is 1. The number of hydrazone groups is 1. The molecule has 0 aliphatic heterocycles. The number of carboxylic acid groups (broad SMARTS) is 1. The maximum absolute atomic E-state index is 10.8. The van der Waals surface area contributed by atoms with Gasteiger partial charge in [0.15, 0.2) is 0 Å². The van der Waals surface area contributed by atoms with Crippen LogP contribution >= 0.6 is 0 Å². The average molecular weight is 328 g/mol. The lowest BCUT2D eigenvalue weighted by Crippen LogP contribution is -2.06. The summed E-state index contributed by atoms with van der Waals surface area (Å²) in [7, 11) is 3.38. The molecule has 7 heteroatoms. The van der Waals surface area contributed by atoms with Crippen molar-refractivity contribution in [1.29, 1.82) is 0 Å². The van der Waals surface area contributed by atoms with Crippen molar-refractivity contribution in [3.8, 4) is 0 Å². The van der Waals surface area contributed by atoms with Crippen LogP contribution in [0.3, 0.4) is 0 Å². The van der Waals surface area contributed by atoms with Crippen molar-refractivity contribution in [3.63, 3.8) is 0 Å². The predicted octanol–water partition coefficient (Wildman–Crippen LogP) is 2.32. The number of carbonyl (C=O) groups is 2. The molecule has 1 amide bonds. The van der Waals surface area contributed by atoms with Gasteiger partial charge in [0.25, 0.3) is 0 Å². The van der Waals surface area contributed by atoms with Gasteiger partial charge in [0, 0.05) is 32.1 Å². The molecule has 7 nitrogen and oxygen atoms in total. The molecule has 0 radical (unpaired) electrons. The Labute approximate surface area is 140 Å². The van der Waals surface area contributed by atoms with Crippen molar-refractivity contribution in [2.24, 2.45) is 5.10 Å². The monoisotopic (exact) mass is 328 g/mol. The summed E-state index contributed by atoms with van der Waals surface area (Å²) >= 11 is 0. The van der Waals surface area contributed by atoms with Crippen molar-refractivity contribution in [2.45, 2.75) is 6.92 Å². The van der Waals surface area contributed by atoms with Crippen LogP contribution in [0.4, 0.5) is 5.69 Å². The lowest BCUT2D eigenvalue weighted by molar-refractivity contribution is -0.115. The van der Waals surface area contributed by atoms with E-state index in [-0.39, 0.29) is 5.56 Å². The first-order chi connectivity index (χ1) is 11.4. The molecule has 0 saturated heterocycles. The van der Waals surface area contributed by atoms with E-state index in [1.54, 1.807) is 38.6 Å². The molecule has 126 valence electrons. The van der Waals surface area contributed by atoms with Crippen LogP contribution in [0.25, 0.3) is 0 Å². The summed E-state index contributed by atoms with van der Waals surface area (Å²) in [4.78, 5) is 25.7. The maximum Gasteiger partial charge on any atom is 0.335 e. The van der Waals surface area contributed by atoms with E-state index >= 15 is 0 Å². The molecule has 0 aliphatic rings. The first kappa shape index (κ1) is 18.8. The summed E-state index contributed by atoms with van der Waals surface area (Å²) in [6.45, 7) is 1.86. The van der Waals surface area contributed by atoms with Gasteiger partial charge in [-0.3, -0.25) is 15.2 Å². The highest BCUT2D eigenvalue weighted by molar-refractivity contribution is 5.99. The van der Waals surface area contributed by atoms with E-state index in [9.17, 15) is 9.59 Å². The summed E-state index contributed by atoms with van der Waals surface area (Å²) in [6, 6.07) is 10.2. The van der Waals surface area contributed by atoms with Gasteiger partial charge in [0.1, 0.15) is 0 Å². The molecule has 1 aromatic heterocycles. The third kappa shape index (κ3) is 6.69. The summed E-state index contributed by atoms with van der Waals surface area (Å²) in [5.41, 5.74) is 5.45. The minimum absolute atomic E-state index is 0.224. The van der Waals surface area contributed by atoms with Crippen molar-refractivity contribution < 1.29 is 14.7 Å². The van der Waals surface area contributed by atoms with E-state index < -0.39 is 5.97 Å². The van der Waals surface area contributed by atoms with Crippen molar-refractivity contribution >= 4 is 23.8 Å². The molecule has 2 aromatic rings. The second kappa shape index (κ2) is 9.73. The molecular weight excluding hydrogens is 308 g/mol. The molecule has 0 unspecified atom stereocenters. The Morgan fingerprint density at radius 2 is 1.83 bits per heavy atom. The fourth-order valence-corrected chi connectivity index (χ4v) is 1.53. The SMILES string of the molecule is C/C(=N\Nc1cccc(C(=O)O)c1)c1ccncc1.CN(C)C=O. The Morgan fingerprint density at radius 3 is 2.38 bits per heavy atom. The van der Waals surface area contributed by atoms with Gasteiger partial charge < -0.3 is 10.0 Å². The number of rotatable bonds is 5. The van der Waals surface area contributed by atoms with Gasteiger partial charge in [-0.05, 0) is 37.3 Å². The normalized spacial score (nSPS) is 10.2. The lowest BCUT2D eigenvalue weighted by Gasteiger charge is -2.04. The Balaban J connectivity index is 0.000000505. The second-order valence-corrected chi connectivity index (χ2v) is 5.00. The third-order valence-corrected chi connectivity index (χ3v) is 2.77. The summed E-state index contributed by atoms with van der Waals surface area (Å²) in [5.74, 6) is -0.960. The lowest BCUT2D eigenvalue weighted by atomic mass is 10.2. The predicted molar refractivity (Wildman–Crippen MR) is 93.2 cm³/mol. The summed E-state index contributed by atoms with van der Waals surface area (Å²) in [5, 5.41) is 13.1. The molecule has 0 atom stereocenters. The molecule has 24 heavy (non-hydrogen) atoms. The number of hydrogen-bond donors (Lipinski definition) is 2. The van der Waals surface area contributed by atoms with E-state index in [0.29, 0.717) is 5.69 Å². The van der Waals surface area contributed by atoms with Gasteiger partial charge in [-0.2, -0.15) is 5.10 Å². The topological polar surface area (TPSA) is 94.9 Å². The van der Waals surface area contributed by atoms with Gasteiger partial charge in [0.05, 0.1) is 17.0 Å². The fraction of sp³-hybridized carbons (Fsp3) is 0.176. The zero-order valence-corrected chi connectivity index (χ0v) is 13.8. The van der Waals surface area contributed by atoms with Gasteiger partial charge in [0.2, 0.25) is 6.41 Å². The van der Waals surface area contributed by atoms with Crippen LogP contribution < -0.4 is 5.43 Å². The molecule has 0 aliphatic carbocycles. The minimum atomic E-state index is -0.960. The number of benzene rings is 1. The number of carbonyl (C=O) groups excluding carboxylic acids is 1. The smallest absolute Gasteiger partial charge is 0.335 e. The van der Waals surface area contributed by atoms with E-state index in [1.807, 2.05) is 19.1 Å². The van der Waals surface area contributed by atoms with Crippen LogP contribution in [0.1, 0.15) is 22.8 Å². The molecule has 2 rings (SSSR count). The largest absolute Gasteiger partial charge is 0.478 e. The highest BCUT2D eigenvalue weighted by atomic mass is 16.4.